The van der Waals surface area contributed by atoms with Crippen LogP contribution in [0.1, 0.15) is 18.2 Å². The summed E-state index contributed by atoms with van der Waals surface area (Å²) >= 11 is 6.55. The molecule has 0 aliphatic carbocycles. The van der Waals surface area contributed by atoms with Crippen LogP contribution in [0.15, 0.2) is 64.3 Å². The Morgan fingerprint density at radius 3 is 2.44 bits per heavy atom. The summed E-state index contributed by atoms with van der Waals surface area (Å²) < 4.78 is 8.94. The molecule has 0 saturated carbocycles. The van der Waals surface area contributed by atoms with Crippen molar-refractivity contribution < 1.29 is 19.4 Å². The van der Waals surface area contributed by atoms with Crippen molar-refractivity contribution in [3.05, 3.63) is 81.1 Å². The summed E-state index contributed by atoms with van der Waals surface area (Å²) in [6.07, 6.45) is 0.532. The lowest BCUT2D eigenvalue weighted by molar-refractivity contribution is -0.144. The summed E-state index contributed by atoms with van der Waals surface area (Å²) in [4.78, 5) is 39.5. The molecular formula is C24H21N3O5S2. The second-order valence-corrected chi connectivity index (χ2v) is 9.24. The van der Waals surface area contributed by atoms with Crippen LogP contribution >= 0.6 is 24.0 Å². The van der Waals surface area contributed by atoms with Gasteiger partial charge in [0.1, 0.15) is 11.4 Å². The van der Waals surface area contributed by atoms with Gasteiger partial charge in [0.25, 0.3) is 11.5 Å². The largest absolute Gasteiger partial charge is 0.479 e. The van der Waals surface area contributed by atoms with Gasteiger partial charge in [-0.15, -0.1) is 0 Å². The summed E-state index contributed by atoms with van der Waals surface area (Å²) in [5, 5.41) is 9.16. The summed E-state index contributed by atoms with van der Waals surface area (Å²) in [6, 6.07) is 16.0. The minimum absolute atomic E-state index is 0.196. The molecule has 1 N–H and O–H groups in total. The predicted molar refractivity (Wildman–Crippen MR) is 136 cm³/mol. The van der Waals surface area contributed by atoms with Crippen molar-refractivity contribution >= 4 is 51.9 Å². The van der Waals surface area contributed by atoms with E-state index in [9.17, 15) is 14.4 Å². The number of ether oxygens (including phenoxy) is 1. The Balaban J connectivity index is 1.73. The van der Waals surface area contributed by atoms with Crippen LogP contribution in [-0.4, -0.2) is 36.8 Å². The van der Waals surface area contributed by atoms with Crippen molar-refractivity contribution in [2.45, 2.75) is 20.0 Å². The van der Waals surface area contributed by atoms with E-state index in [2.05, 4.69) is 0 Å². The van der Waals surface area contributed by atoms with Crippen LogP contribution in [0.3, 0.4) is 0 Å². The van der Waals surface area contributed by atoms with E-state index < -0.39 is 18.0 Å². The molecule has 4 rings (SSSR count). The van der Waals surface area contributed by atoms with Crippen LogP contribution in [0.5, 0.6) is 5.75 Å². The first-order valence-electron chi connectivity index (χ1n) is 10.3. The van der Waals surface area contributed by atoms with Crippen LogP contribution in [-0.2, 0) is 16.6 Å². The average molecular weight is 496 g/mol. The number of nitrogens with zero attached hydrogens (tertiary/aromatic N) is 3. The Kier molecular flexibility index (Phi) is 6.45. The van der Waals surface area contributed by atoms with Gasteiger partial charge in [-0.25, -0.2) is 9.48 Å². The number of aliphatic carboxylic acids is 1. The number of hydrogen-bond donors (Lipinski definition) is 1. The molecule has 3 aromatic rings. The van der Waals surface area contributed by atoms with Gasteiger partial charge in [-0.1, -0.05) is 60.4 Å². The molecular weight excluding hydrogens is 474 g/mol. The van der Waals surface area contributed by atoms with Crippen molar-refractivity contribution in [1.82, 2.24) is 9.36 Å². The van der Waals surface area contributed by atoms with Gasteiger partial charge in [0.2, 0.25) is 0 Å². The Bertz CT molecular complexity index is 1390. The predicted octanol–water partition coefficient (Wildman–Crippen LogP) is 3.74. The van der Waals surface area contributed by atoms with E-state index in [1.165, 1.54) is 16.5 Å². The Morgan fingerprint density at radius 1 is 1.12 bits per heavy atom. The molecule has 1 aliphatic rings. The Hall–Kier alpha value is -3.63. The monoisotopic (exact) mass is 495 g/mol. The van der Waals surface area contributed by atoms with Gasteiger partial charge in [-0.3, -0.25) is 19.2 Å². The van der Waals surface area contributed by atoms with E-state index in [-0.39, 0.29) is 15.6 Å². The van der Waals surface area contributed by atoms with Gasteiger partial charge < -0.3 is 9.84 Å². The topological polar surface area (TPSA) is 93.8 Å². The van der Waals surface area contributed by atoms with Gasteiger partial charge in [-0.2, -0.15) is 0 Å². The van der Waals surface area contributed by atoms with E-state index in [1.54, 1.807) is 49.0 Å². The van der Waals surface area contributed by atoms with E-state index in [4.69, 9.17) is 22.1 Å². The number of thiocarbonyl (C=S) groups is 1. The number of rotatable bonds is 6. The number of aromatic nitrogens is 2. The molecule has 1 amide bonds. The van der Waals surface area contributed by atoms with Gasteiger partial charge >= 0.3 is 5.97 Å². The molecule has 34 heavy (non-hydrogen) atoms. The number of carboxylic acid groups (broad SMARTS) is 1. The smallest absolute Gasteiger partial charge is 0.344 e. The van der Waals surface area contributed by atoms with E-state index in [1.807, 2.05) is 30.3 Å². The molecule has 0 radical (unpaired) electrons. The number of thioether (sulfide) groups is 1. The normalized spacial score (nSPS) is 15.7. The molecule has 1 aromatic heterocycles. The van der Waals surface area contributed by atoms with Crippen LogP contribution in [0.25, 0.3) is 11.8 Å². The van der Waals surface area contributed by atoms with Crippen molar-refractivity contribution in [3.63, 3.8) is 0 Å². The second kappa shape index (κ2) is 9.32. The third-order valence-corrected chi connectivity index (χ3v) is 6.70. The molecule has 2 heterocycles. The number of hydrogen-bond acceptors (Lipinski definition) is 6. The molecule has 10 heteroatoms. The lowest BCUT2D eigenvalue weighted by atomic mass is 10.1. The number of carbonyl (C=O) groups is 2. The fraction of sp³-hybridized carbons (Fsp3) is 0.167. The average Bonchev–Trinajstić information content (AvgIpc) is 3.20. The summed E-state index contributed by atoms with van der Waals surface area (Å²) in [7, 11) is 1.75. The SMILES string of the molecule is Cc1c(N2C(=O)/C(=C\c3ccccc3OC(C)C(=O)O)SC2=S)c(=O)n(-c2ccccc2)n1C. The summed E-state index contributed by atoms with van der Waals surface area (Å²) in [5.41, 5.74) is 1.63. The molecule has 1 atom stereocenters. The number of anilines is 1. The summed E-state index contributed by atoms with van der Waals surface area (Å²) in [5.74, 6) is -1.21. The maximum Gasteiger partial charge on any atom is 0.344 e. The van der Waals surface area contributed by atoms with E-state index in [0.717, 1.165) is 11.8 Å². The van der Waals surface area contributed by atoms with Crippen molar-refractivity contribution in [1.29, 1.82) is 0 Å². The van der Waals surface area contributed by atoms with E-state index >= 15 is 0 Å². The first kappa shape index (κ1) is 23.5. The van der Waals surface area contributed by atoms with Gasteiger partial charge in [0, 0.05) is 12.6 Å². The van der Waals surface area contributed by atoms with Gasteiger partial charge in [0.15, 0.2) is 10.4 Å². The zero-order valence-corrected chi connectivity index (χ0v) is 20.2. The minimum atomic E-state index is -1.10. The fourth-order valence-electron chi connectivity index (χ4n) is 3.56. The van der Waals surface area contributed by atoms with Crippen molar-refractivity contribution in [2.75, 3.05) is 4.90 Å². The fourth-order valence-corrected chi connectivity index (χ4v) is 4.82. The maximum absolute atomic E-state index is 13.4. The van der Waals surface area contributed by atoms with Crippen LogP contribution in [0, 0.1) is 6.92 Å². The van der Waals surface area contributed by atoms with Crippen molar-refractivity contribution in [2.24, 2.45) is 7.05 Å². The number of carboxylic acids is 1. The molecule has 1 unspecified atom stereocenters. The third kappa shape index (κ3) is 4.17. The molecule has 2 aromatic carbocycles. The zero-order chi connectivity index (χ0) is 24.6. The highest BCUT2D eigenvalue weighted by Crippen LogP contribution is 2.37. The van der Waals surface area contributed by atoms with Crippen LogP contribution < -0.4 is 15.2 Å². The molecule has 174 valence electrons. The first-order valence-corrected chi connectivity index (χ1v) is 11.5. The quantitative estimate of drug-likeness (QED) is 0.411. The minimum Gasteiger partial charge on any atom is -0.479 e. The van der Waals surface area contributed by atoms with Crippen molar-refractivity contribution in [3.8, 4) is 11.4 Å². The highest BCUT2D eigenvalue weighted by Gasteiger charge is 2.37. The zero-order valence-electron chi connectivity index (χ0n) is 18.6. The van der Waals surface area contributed by atoms with E-state index in [0.29, 0.717) is 27.6 Å². The molecule has 1 saturated heterocycles. The Morgan fingerprint density at radius 2 is 1.76 bits per heavy atom. The lowest BCUT2D eigenvalue weighted by Crippen LogP contribution is -2.33. The Labute approximate surface area is 205 Å². The highest BCUT2D eigenvalue weighted by molar-refractivity contribution is 8.27. The van der Waals surface area contributed by atoms with Crippen LogP contribution in [0.2, 0.25) is 0 Å². The highest BCUT2D eigenvalue weighted by atomic mass is 32.2. The molecule has 8 nitrogen and oxygen atoms in total. The maximum atomic E-state index is 13.4. The molecule has 1 fully saturated rings. The number of carbonyl (C=O) groups excluding carboxylic acids is 1. The van der Waals surface area contributed by atoms with Crippen LogP contribution in [0.4, 0.5) is 5.69 Å². The number of benzene rings is 2. The van der Waals surface area contributed by atoms with Gasteiger partial charge in [-0.05, 0) is 38.1 Å². The number of para-hydroxylation sites is 2. The van der Waals surface area contributed by atoms with Gasteiger partial charge in [0.05, 0.1) is 16.3 Å². The standard InChI is InChI=1S/C24H21N3O5S2/c1-14-20(22(29)27(25(14)3)17-10-5-4-6-11-17)26-21(28)19(34-24(26)33)13-16-9-7-8-12-18(16)32-15(2)23(30)31/h4-13,15H,1-3H3,(H,30,31)/b19-13+. The molecule has 0 spiro atoms. The molecule has 1 aliphatic heterocycles. The lowest BCUT2D eigenvalue weighted by Gasteiger charge is -2.13. The second-order valence-electron chi connectivity index (χ2n) is 7.56. The molecule has 0 bridgehead atoms. The third-order valence-electron chi connectivity index (χ3n) is 5.40. The number of amides is 1. The summed E-state index contributed by atoms with van der Waals surface area (Å²) in [6.45, 7) is 3.18. The first-order chi connectivity index (χ1) is 16.2.